The molecule has 1 N–H and O–H groups in total. The molecule has 5 rings (SSSR count). The topological polar surface area (TPSA) is 82.2 Å². The van der Waals surface area contributed by atoms with Crippen molar-refractivity contribution in [1.29, 1.82) is 0 Å². The standard InChI is InChI=1S/C29H42N4O4S/c1-20(2)7-15-33-27(35)25(38-28(33)22-11-17-37-18-12-22)19-26(34)31-13-9-23(10-14-31)32-16-8-21-5-3-4-6-24(21)30-29(32)36/h3-6,20,22-23,25,28H,7-19H2,1-2H3,(H,30,36). The zero-order valence-electron chi connectivity index (χ0n) is 22.8. The molecule has 0 bridgehead atoms. The van der Waals surface area contributed by atoms with E-state index in [4.69, 9.17) is 4.74 Å². The number of carbonyl (C=O) groups excluding carboxylic acids is 3. The first-order valence-corrected chi connectivity index (χ1v) is 15.3. The SMILES string of the molecule is CC(C)CCN1C(=O)C(CC(=O)N2CCC(N3CCc4ccccc4NC3=O)CC2)SC1C1CCOCC1. The molecular formula is C29H42N4O4S. The van der Waals surface area contributed by atoms with Gasteiger partial charge in [0, 0.05) is 57.5 Å². The maximum absolute atomic E-state index is 13.5. The van der Waals surface area contributed by atoms with E-state index in [1.54, 1.807) is 11.8 Å². The van der Waals surface area contributed by atoms with Crippen molar-refractivity contribution >= 4 is 35.3 Å². The lowest BCUT2D eigenvalue weighted by molar-refractivity contribution is -0.137. The highest BCUT2D eigenvalue weighted by Gasteiger charge is 2.45. The Bertz CT molecular complexity index is 1010. The van der Waals surface area contributed by atoms with Crippen LogP contribution in [0.15, 0.2) is 24.3 Å². The highest BCUT2D eigenvalue weighted by molar-refractivity contribution is 8.01. The molecule has 4 aliphatic heterocycles. The number of carbonyl (C=O) groups is 3. The zero-order valence-corrected chi connectivity index (χ0v) is 23.6. The molecular weight excluding hydrogens is 500 g/mol. The Morgan fingerprint density at radius 2 is 1.82 bits per heavy atom. The molecule has 0 radical (unpaired) electrons. The van der Waals surface area contributed by atoms with Gasteiger partial charge in [0.2, 0.25) is 11.8 Å². The van der Waals surface area contributed by atoms with Crippen molar-refractivity contribution < 1.29 is 19.1 Å². The Balaban J connectivity index is 1.15. The number of nitrogens with zero attached hydrogens (tertiary/aromatic N) is 3. The molecule has 2 atom stereocenters. The maximum atomic E-state index is 13.5. The summed E-state index contributed by atoms with van der Waals surface area (Å²) in [7, 11) is 0. The van der Waals surface area contributed by atoms with Gasteiger partial charge in [0.05, 0.1) is 10.6 Å². The number of para-hydroxylation sites is 1. The van der Waals surface area contributed by atoms with Gasteiger partial charge in [0.15, 0.2) is 0 Å². The second kappa shape index (κ2) is 12.3. The number of benzene rings is 1. The number of anilines is 1. The zero-order chi connectivity index (χ0) is 26.6. The summed E-state index contributed by atoms with van der Waals surface area (Å²) < 4.78 is 5.57. The van der Waals surface area contributed by atoms with Gasteiger partial charge in [-0.3, -0.25) is 9.59 Å². The predicted molar refractivity (Wildman–Crippen MR) is 150 cm³/mol. The summed E-state index contributed by atoms with van der Waals surface area (Å²) in [4.78, 5) is 45.7. The monoisotopic (exact) mass is 542 g/mol. The first-order valence-electron chi connectivity index (χ1n) is 14.4. The lowest BCUT2D eigenvalue weighted by Crippen LogP contribution is -2.50. The molecule has 208 valence electrons. The van der Waals surface area contributed by atoms with E-state index in [0.29, 0.717) is 31.5 Å². The molecule has 3 fully saturated rings. The molecule has 8 nitrogen and oxygen atoms in total. The molecule has 1 aromatic carbocycles. The molecule has 38 heavy (non-hydrogen) atoms. The number of piperidine rings is 1. The number of ether oxygens (including phenoxy) is 1. The quantitative estimate of drug-likeness (QED) is 0.559. The van der Waals surface area contributed by atoms with Crippen molar-refractivity contribution in [3.63, 3.8) is 0 Å². The lowest BCUT2D eigenvalue weighted by Gasteiger charge is -2.38. The minimum Gasteiger partial charge on any atom is -0.381 e. The Morgan fingerprint density at radius 1 is 1.08 bits per heavy atom. The lowest BCUT2D eigenvalue weighted by atomic mass is 9.98. The summed E-state index contributed by atoms with van der Waals surface area (Å²) in [5, 5.41) is 2.92. The number of fused-ring (bicyclic) bond motifs is 1. The minimum atomic E-state index is -0.296. The summed E-state index contributed by atoms with van der Waals surface area (Å²) in [5.41, 5.74) is 2.06. The fraction of sp³-hybridized carbons (Fsp3) is 0.690. The Hall–Kier alpha value is -2.26. The second-order valence-electron chi connectivity index (χ2n) is 11.5. The first-order chi connectivity index (χ1) is 18.4. The Kier molecular flexibility index (Phi) is 8.83. The third-order valence-corrected chi connectivity index (χ3v) is 10.2. The van der Waals surface area contributed by atoms with Crippen LogP contribution in [0.3, 0.4) is 0 Å². The van der Waals surface area contributed by atoms with E-state index in [1.165, 1.54) is 0 Å². The second-order valence-corrected chi connectivity index (χ2v) is 12.9. The molecule has 0 saturated carbocycles. The van der Waals surface area contributed by atoms with Crippen LogP contribution in [-0.4, -0.2) is 88.6 Å². The molecule has 1 aromatic rings. The molecule has 9 heteroatoms. The number of rotatable bonds is 7. The average Bonchev–Trinajstić information content (AvgIpc) is 3.12. The fourth-order valence-corrected chi connectivity index (χ4v) is 7.88. The molecule has 0 aliphatic carbocycles. The van der Waals surface area contributed by atoms with Crippen molar-refractivity contribution in [2.45, 2.75) is 75.5 Å². The van der Waals surface area contributed by atoms with Gasteiger partial charge in [0.25, 0.3) is 0 Å². The smallest absolute Gasteiger partial charge is 0.322 e. The summed E-state index contributed by atoms with van der Waals surface area (Å²) >= 11 is 1.71. The number of likely N-dealkylation sites (tertiary alicyclic amines) is 1. The molecule has 4 aliphatic rings. The van der Waals surface area contributed by atoms with Crippen LogP contribution in [0.5, 0.6) is 0 Å². The van der Waals surface area contributed by atoms with Crippen molar-refractivity contribution in [1.82, 2.24) is 14.7 Å². The average molecular weight is 543 g/mol. The van der Waals surface area contributed by atoms with E-state index < -0.39 is 0 Å². The van der Waals surface area contributed by atoms with Gasteiger partial charge in [-0.25, -0.2) is 4.79 Å². The van der Waals surface area contributed by atoms with Crippen molar-refractivity contribution in [2.75, 3.05) is 44.7 Å². The van der Waals surface area contributed by atoms with E-state index in [-0.39, 0.29) is 40.9 Å². The van der Waals surface area contributed by atoms with E-state index in [9.17, 15) is 14.4 Å². The van der Waals surface area contributed by atoms with Gasteiger partial charge in [-0.1, -0.05) is 32.0 Å². The third-order valence-electron chi connectivity index (χ3n) is 8.55. The van der Waals surface area contributed by atoms with Gasteiger partial charge in [-0.05, 0) is 62.0 Å². The van der Waals surface area contributed by atoms with Crippen molar-refractivity contribution in [3.8, 4) is 0 Å². The molecule has 2 unspecified atom stereocenters. The van der Waals surface area contributed by atoms with Gasteiger partial charge < -0.3 is 24.8 Å². The van der Waals surface area contributed by atoms with Crippen LogP contribution in [0, 0.1) is 11.8 Å². The summed E-state index contributed by atoms with van der Waals surface area (Å²) in [6.07, 6.45) is 5.58. The molecule has 3 saturated heterocycles. The highest BCUT2D eigenvalue weighted by atomic mass is 32.2. The fourth-order valence-electron chi connectivity index (χ4n) is 6.20. The van der Waals surface area contributed by atoms with Gasteiger partial charge in [-0.15, -0.1) is 11.8 Å². The highest BCUT2D eigenvalue weighted by Crippen LogP contribution is 2.41. The van der Waals surface area contributed by atoms with E-state index in [0.717, 1.165) is 69.5 Å². The van der Waals surface area contributed by atoms with Crippen LogP contribution < -0.4 is 5.32 Å². The van der Waals surface area contributed by atoms with E-state index in [1.807, 2.05) is 28.0 Å². The number of hydrogen-bond donors (Lipinski definition) is 1. The van der Waals surface area contributed by atoms with Crippen LogP contribution in [0.25, 0.3) is 0 Å². The maximum Gasteiger partial charge on any atom is 0.322 e. The largest absolute Gasteiger partial charge is 0.381 e. The third kappa shape index (κ3) is 6.14. The number of urea groups is 1. The summed E-state index contributed by atoms with van der Waals surface area (Å²) in [6.45, 7) is 8.61. The molecule has 0 aromatic heterocycles. The summed E-state index contributed by atoms with van der Waals surface area (Å²) in [6, 6.07) is 8.05. The van der Waals surface area contributed by atoms with Crippen LogP contribution in [-0.2, 0) is 20.7 Å². The van der Waals surface area contributed by atoms with Gasteiger partial charge in [-0.2, -0.15) is 0 Å². The first kappa shape index (κ1) is 27.3. The normalized spacial score (nSPS) is 25.5. The van der Waals surface area contributed by atoms with Crippen LogP contribution in [0.1, 0.15) is 57.9 Å². The molecule has 0 spiro atoms. The van der Waals surface area contributed by atoms with Crippen molar-refractivity contribution in [3.05, 3.63) is 29.8 Å². The number of hydrogen-bond acceptors (Lipinski definition) is 5. The summed E-state index contributed by atoms with van der Waals surface area (Å²) in [5.74, 6) is 1.17. The Labute approximate surface area is 230 Å². The van der Waals surface area contributed by atoms with E-state index >= 15 is 0 Å². The Morgan fingerprint density at radius 3 is 2.55 bits per heavy atom. The number of thioether (sulfide) groups is 1. The predicted octanol–water partition coefficient (Wildman–Crippen LogP) is 4.20. The van der Waals surface area contributed by atoms with Crippen molar-refractivity contribution in [2.24, 2.45) is 11.8 Å². The van der Waals surface area contributed by atoms with Gasteiger partial charge >= 0.3 is 6.03 Å². The van der Waals surface area contributed by atoms with Gasteiger partial charge in [0.1, 0.15) is 0 Å². The van der Waals surface area contributed by atoms with E-state index in [2.05, 4.69) is 30.1 Å². The van der Waals surface area contributed by atoms with Crippen LogP contribution in [0.4, 0.5) is 10.5 Å². The molecule has 4 heterocycles. The number of nitrogens with one attached hydrogen (secondary N) is 1. The van der Waals surface area contributed by atoms with Crippen LogP contribution >= 0.6 is 11.8 Å². The molecule has 4 amide bonds. The number of amides is 4. The minimum absolute atomic E-state index is 0.0478. The van der Waals surface area contributed by atoms with Crippen LogP contribution in [0.2, 0.25) is 0 Å².